The fourth-order valence-corrected chi connectivity index (χ4v) is 5.20. The highest BCUT2D eigenvalue weighted by molar-refractivity contribution is 5.81. The van der Waals surface area contributed by atoms with E-state index in [1.165, 1.54) is 32.1 Å². The molecule has 4 heteroatoms. The van der Waals surface area contributed by atoms with Crippen LogP contribution in [0.2, 0.25) is 0 Å². The van der Waals surface area contributed by atoms with Crippen LogP contribution in [0.15, 0.2) is 0 Å². The van der Waals surface area contributed by atoms with E-state index in [1.54, 1.807) is 7.11 Å². The van der Waals surface area contributed by atoms with Crippen LogP contribution in [-0.4, -0.2) is 43.7 Å². The van der Waals surface area contributed by atoms with Gasteiger partial charge in [0.25, 0.3) is 5.91 Å². The first-order valence-electron chi connectivity index (χ1n) is 7.63. The zero-order valence-corrected chi connectivity index (χ0v) is 12.0. The summed E-state index contributed by atoms with van der Waals surface area (Å²) in [4.78, 5) is 14.4. The van der Waals surface area contributed by atoms with Crippen molar-refractivity contribution < 1.29 is 9.53 Å². The van der Waals surface area contributed by atoms with Crippen molar-refractivity contribution in [2.75, 3.05) is 20.7 Å². The fraction of sp³-hybridized carbons (Fsp3) is 0.933. The molecule has 1 atom stereocenters. The van der Waals surface area contributed by atoms with Gasteiger partial charge in [0.2, 0.25) is 0 Å². The molecule has 4 fully saturated rings. The van der Waals surface area contributed by atoms with Gasteiger partial charge in [0, 0.05) is 26.7 Å². The largest absolute Gasteiger partial charge is 0.370 e. The Morgan fingerprint density at radius 2 is 1.74 bits per heavy atom. The van der Waals surface area contributed by atoms with Gasteiger partial charge in [0.05, 0.1) is 0 Å². The maximum atomic E-state index is 12.4. The standard InChI is InChI=1S/C15H26N2O2/c1-17(15(18)13(8-16)19-2)14-11-4-9-3-10(6-11)7-12(14)5-9/h9-14H,3-8,16H2,1-2H3. The Morgan fingerprint density at radius 1 is 1.21 bits per heavy atom. The SMILES string of the molecule is COC(CN)C(=O)N(C)C1C2CC3CC(C2)CC1C3. The third-order valence-corrected chi connectivity index (χ3v) is 5.75. The van der Waals surface area contributed by atoms with Crippen molar-refractivity contribution in [2.45, 2.75) is 44.2 Å². The van der Waals surface area contributed by atoms with E-state index in [4.69, 9.17) is 10.5 Å². The lowest BCUT2D eigenvalue weighted by molar-refractivity contribution is -0.151. The normalized spacial score (nSPS) is 41.3. The van der Waals surface area contributed by atoms with Crippen LogP contribution in [0.4, 0.5) is 0 Å². The minimum absolute atomic E-state index is 0.0717. The summed E-state index contributed by atoms with van der Waals surface area (Å²) in [6.45, 7) is 0.271. The molecular formula is C15H26N2O2. The Morgan fingerprint density at radius 3 is 2.16 bits per heavy atom. The highest BCUT2D eigenvalue weighted by Crippen LogP contribution is 2.54. The summed E-state index contributed by atoms with van der Waals surface area (Å²) in [6.07, 6.45) is 6.29. The predicted octanol–water partition coefficient (Wildman–Crippen LogP) is 1.24. The molecule has 108 valence electrons. The van der Waals surface area contributed by atoms with Crippen molar-refractivity contribution >= 4 is 5.91 Å². The highest BCUT2D eigenvalue weighted by Gasteiger charge is 2.50. The van der Waals surface area contributed by atoms with Crippen LogP contribution in [-0.2, 0) is 9.53 Å². The van der Waals surface area contributed by atoms with Crippen LogP contribution in [0.1, 0.15) is 32.1 Å². The lowest BCUT2D eigenvalue weighted by Gasteiger charge is -2.56. The van der Waals surface area contributed by atoms with Crippen LogP contribution in [0.3, 0.4) is 0 Å². The number of amides is 1. The molecule has 4 aliphatic carbocycles. The van der Waals surface area contributed by atoms with E-state index >= 15 is 0 Å². The minimum atomic E-state index is -0.470. The van der Waals surface area contributed by atoms with E-state index in [1.807, 2.05) is 11.9 Å². The molecule has 0 spiro atoms. The number of ether oxygens (including phenoxy) is 1. The molecular weight excluding hydrogens is 240 g/mol. The number of carbonyl (C=O) groups is 1. The van der Waals surface area contributed by atoms with E-state index in [9.17, 15) is 4.79 Å². The summed E-state index contributed by atoms with van der Waals surface area (Å²) >= 11 is 0. The summed E-state index contributed by atoms with van der Waals surface area (Å²) in [6, 6.07) is 0.435. The Bertz CT molecular complexity index is 326. The fourth-order valence-electron chi connectivity index (χ4n) is 5.20. The van der Waals surface area contributed by atoms with Gasteiger partial charge >= 0.3 is 0 Å². The summed E-state index contributed by atoms with van der Waals surface area (Å²) in [5.74, 6) is 3.40. The molecule has 1 amide bonds. The highest BCUT2D eigenvalue weighted by atomic mass is 16.5. The van der Waals surface area contributed by atoms with Crippen molar-refractivity contribution in [3.8, 4) is 0 Å². The quantitative estimate of drug-likeness (QED) is 0.833. The molecule has 4 bridgehead atoms. The molecule has 19 heavy (non-hydrogen) atoms. The number of nitrogens with two attached hydrogens (primary N) is 1. The second-order valence-electron chi connectivity index (χ2n) is 6.83. The third kappa shape index (κ3) is 2.19. The Balaban J connectivity index is 1.73. The monoisotopic (exact) mass is 266 g/mol. The average molecular weight is 266 g/mol. The van der Waals surface area contributed by atoms with Gasteiger partial charge in [-0.15, -0.1) is 0 Å². The number of likely N-dealkylation sites (N-methyl/N-ethyl adjacent to an activating group) is 1. The van der Waals surface area contributed by atoms with Gasteiger partial charge in [-0.25, -0.2) is 0 Å². The van der Waals surface area contributed by atoms with Gasteiger partial charge in [-0.3, -0.25) is 4.79 Å². The molecule has 4 rings (SSSR count). The molecule has 0 aromatic rings. The summed E-state index contributed by atoms with van der Waals surface area (Å²) in [5, 5.41) is 0. The lowest BCUT2D eigenvalue weighted by atomic mass is 9.54. The van der Waals surface area contributed by atoms with E-state index in [0.29, 0.717) is 6.04 Å². The molecule has 2 N–H and O–H groups in total. The molecule has 0 saturated heterocycles. The van der Waals surface area contributed by atoms with Gasteiger partial charge in [-0.1, -0.05) is 0 Å². The summed E-state index contributed by atoms with van der Waals surface area (Å²) in [5.41, 5.74) is 5.62. The number of hydrogen-bond acceptors (Lipinski definition) is 3. The van der Waals surface area contributed by atoms with E-state index in [-0.39, 0.29) is 12.5 Å². The Kier molecular flexibility index (Phi) is 3.56. The zero-order valence-electron chi connectivity index (χ0n) is 12.0. The first kappa shape index (κ1) is 13.4. The maximum absolute atomic E-state index is 12.4. The first-order chi connectivity index (χ1) is 9.13. The Hall–Kier alpha value is -0.610. The molecule has 4 nitrogen and oxygen atoms in total. The van der Waals surface area contributed by atoms with E-state index in [0.717, 1.165) is 23.7 Å². The van der Waals surface area contributed by atoms with Gasteiger partial charge in [-0.2, -0.15) is 0 Å². The second kappa shape index (κ2) is 5.06. The van der Waals surface area contributed by atoms with Crippen LogP contribution < -0.4 is 5.73 Å². The zero-order chi connectivity index (χ0) is 13.6. The van der Waals surface area contributed by atoms with E-state index < -0.39 is 6.10 Å². The lowest BCUT2D eigenvalue weighted by Crippen LogP contribution is -2.58. The Labute approximate surface area is 115 Å². The van der Waals surface area contributed by atoms with Crippen LogP contribution >= 0.6 is 0 Å². The summed E-state index contributed by atoms with van der Waals surface area (Å²) in [7, 11) is 3.52. The van der Waals surface area contributed by atoms with Crippen molar-refractivity contribution in [3.63, 3.8) is 0 Å². The number of nitrogens with zero attached hydrogens (tertiary/aromatic N) is 1. The maximum Gasteiger partial charge on any atom is 0.253 e. The number of carbonyl (C=O) groups excluding carboxylic acids is 1. The molecule has 4 saturated carbocycles. The third-order valence-electron chi connectivity index (χ3n) is 5.75. The van der Waals surface area contributed by atoms with Crippen molar-refractivity contribution in [1.29, 1.82) is 0 Å². The van der Waals surface area contributed by atoms with Crippen LogP contribution in [0.25, 0.3) is 0 Å². The van der Waals surface area contributed by atoms with Crippen molar-refractivity contribution in [1.82, 2.24) is 4.90 Å². The molecule has 0 aliphatic heterocycles. The second-order valence-corrected chi connectivity index (χ2v) is 6.83. The number of hydrogen-bond donors (Lipinski definition) is 1. The number of methoxy groups -OCH3 is 1. The summed E-state index contributed by atoms with van der Waals surface area (Å²) < 4.78 is 5.21. The molecule has 0 aromatic carbocycles. The topological polar surface area (TPSA) is 55.6 Å². The van der Waals surface area contributed by atoms with Gasteiger partial charge in [0.15, 0.2) is 0 Å². The molecule has 0 heterocycles. The molecule has 1 unspecified atom stereocenters. The van der Waals surface area contributed by atoms with Gasteiger partial charge in [0.1, 0.15) is 6.10 Å². The van der Waals surface area contributed by atoms with Crippen molar-refractivity contribution in [2.24, 2.45) is 29.4 Å². The van der Waals surface area contributed by atoms with Crippen molar-refractivity contribution in [3.05, 3.63) is 0 Å². The number of rotatable bonds is 4. The van der Waals surface area contributed by atoms with Crippen LogP contribution in [0.5, 0.6) is 0 Å². The van der Waals surface area contributed by atoms with Gasteiger partial charge < -0.3 is 15.4 Å². The van der Waals surface area contributed by atoms with Gasteiger partial charge in [-0.05, 0) is 55.8 Å². The minimum Gasteiger partial charge on any atom is -0.370 e. The molecule has 0 aromatic heterocycles. The average Bonchev–Trinajstić information content (AvgIpc) is 2.38. The van der Waals surface area contributed by atoms with Crippen LogP contribution in [0, 0.1) is 23.7 Å². The molecule has 0 radical (unpaired) electrons. The predicted molar refractivity (Wildman–Crippen MR) is 73.5 cm³/mol. The molecule has 4 aliphatic rings. The van der Waals surface area contributed by atoms with E-state index in [2.05, 4.69) is 0 Å². The first-order valence-corrected chi connectivity index (χ1v) is 7.63. The smallest absolute Gasteiger partial charge is 0.253 e.